The minimum atomic E-state index is 0.555. The summed E-state index contributed by atoms with van der Waals surface area (Å²) in [5, 5.41) is 0.555. The van der Waals surface area contributed by atoms with Crippen LogP contribution in [-0.4, -0.2) is 5.38 Å². The summed E-state index contributed by atoms with van der Waals surface area (Å²) in [6, 6.07) is 0. The third-order valence-electron chi connectivity index (χ3n) is 4.35. The lowest BCUT2D eigenvalue weighted by molar-refractivity contribution is 0.263. The van der Waals surface area contributed by atoms with E-state index in [1.807, 2.05) is 0 Å². The fraction of sp³-hybridized carbons (Fsp3) is 1.00. The molecule has 0 aromatic heterocycles. The van der Waals surface area contributed by atoms with Gasteiger partial charge in [0.2, 0.25) is 0 Å². The molecule has 0 aliphatic heterocycles. The standard InChI is InChI=1S/C10H15Cl/c11-10-5-6-4-9(10)8-3-1-2-7(6)8/h6-10H,1-5H2/t6-,7-,8-,9-,10+/m1/s1. The van der Waals surface area contributed by atoms with Gasteiger partial charge in [0.15, 0.2) is 0 Å². The van der Waals surface area contributed by atoms with Crippen LogP contribution >= 0.6 is 11.6 Å². The molecule has 0 nitrogen and oxygen atoms in total. The van der Waals surface area contributed by atoms with E-state index in [0.717, 1.165) is 23.7 Å². The van der Waals surface area contributed by atoms with Gasteiger partial charge in [0, 0.05) is 5.38 Å². The summed E-state index contributed by atoms with van der Waals surface area (Å²) in [5.41, 5.74) is 0. The lowest BCUT2D eigenvalue weighted by Crippen LogP contribution is -2.24. The van der Waals surface area contributed by atoms with Crippen LogP contribution in [0.5, 0.6) is 0 Å². The first-order valence-corrected chi connectivity index (χ1v) is 5.44. The van der Waals surface area contributed by atoms with E-state index in [4.69, 9.17) is 11.6 Å². The van der Waals surface area contributed by atoms with Gasteiger partial charge in [-0.15, -0.1) is 11.6 Å². The number of hydrogen-bond donors (Lipinski definition) is 0. The molecule has 0 radical (unpaired) electrons. The maximum absolute atomic E-state index is 6.28. The van der Waals surface area contributed by atoms with Gasteiger partial charge >= 0.3 is 0 Å². The van der Waals surface area contributed by atoms with Crippen LogP contribution in [-0.2, 0) is 0 Å². The molecule has 0 N–H and O–H groups in total. The Kier molecular flexibility index (Phi) is 1.33. The van der Waals surface area contributed by atoms with E-state index in [9.17, 15) is 0 Å². The first-order chi connectivity index (χ1) is 5.36. The van der Waals surface area contributed by atoms with Gasteiger partial charge < -0.3 is 0 Å². The van der Waals surface area contributed by atoms with E-state index in [2.05, 4.69) is 0 Å². The molecule has 3 rings (SSSR count). The largest absolute Gasteiger partial charge is 0.123 e. The van der Waals surface area contributed by atoms with Crippen molar-refractivity contribution in [1.82, 2.24) is 0 Å². The van der Waals surface area contributed by atoms with Crippen LogP contribution < -0.4 is 0 Å². The van der Waals surface area contributed by atoms with Crippen LogP contribution in [0, 0.1) is 23.7 Å². The van der Waals surface area contributed by atoms with Crippen molar-refractivity contribution in [3.05, 3.63) is 0 Å². The smallest absolute Gasteiger partial charge is 0.0369 e. The van der Waals surface area contributed by atoms with Gasteiger partial charge in [-0.2, -0.15) is 0 Å². The Labute approximate surface area is 73.3 Å². The van der Waals surface area contributed by atoms with Gasteiger partial charge in [-0.05, 0) is 49.4 Å². The minimum Gasteiger partial charge on any atom is -0.123 e. The highest BCUT2D eigenvalue weighted by atomic mass is 35.5. The quantitative estimate of drug-likeness (QED) is 0.491. The molecule has 1 heteroatoms. The van der Waals surface area contributed by atoms with Gasteiger partial charge in [-0.3, -0.25) is 0 Å². The second-order valence-corrected chi connectivity index (χ2v) is 5.23. The molecule has 0 heterocycles. The lowest BCUT2D eigenvalue weighted by atomic mass is 9.82. The molecule has 2 bridgehead atoms. The highest BCUT2D eigenvalue weighted by Gasteiger charge is 2.53. The number of hydrogen-bond acceptors (Lipinski definition) is 0. The van der Waals surface area contributed by atoms with Crippen molar-refractivity contribution in [1.29, 1.82) is 0 Å². The third kappa shape index (κ3) is 0.771. The monoisotopic (exact) mass is 170 g/mol. The molecule has 0 amide bonds. The molecular formula is C10H15Cl. The van der Waals surface area contributed by atoms with Gasteiger partial charge in [0.05, 0.1) is 0 Å². The summed E-state index contributed by atoms with van der Waals surface area (Å²) in [7, 11) is 0. The van der Waals surface area contributed by atoms with Crippen LogP contribution in [0.1, 0.15) is 32.1 Å². The van der Waals surface area contributed by atoms with Crippen LogP contribution in [0.3, 0.4) is 0 Å². The zero-order valence-corrected chi connectivity index (χ0v) is 7.56. The van der Waals surface area contributed by atoms with Crippen molar-refractivity contribution in [2.75, 3.05) is 0 Å². The van der Waals surface area contributed by atoms with Crippen molar-refractivity contribution in [2.24, 2.45) is 23.7 Å². The summed E-state index contributed by atoms with van der Waals surface area (Å²) >= 11 is 6.28. The molecular weight excluding hydrogens is 156 g/mol. The molecule has 5 atom stereocenters. The molecule has 3 fully saturated rings. The van der Waals surface area contributed by atoms with E-state index in [0.29, 0.717) is 5.38 Å². The van der Waals surface area contributed by atoms with E-state index in [1.165, 1.54) is 32.1 Å². The first-order valence-electron chi connectivity index (χ1n) is 5.00. The van der Waals surface area contributed by atoms with Gasteiger partial charge in [0.25, 0.3) is 0 Å². The summed E-state index contributed by atoms with van der Waals surface area (Å²) < 4.78 is 0. The summed E-state index contributed by atoms with van der Waals surface area (Å²) in [6.07, 6.45) is 7.33. The first kappa shape index (κ1) is 6.77. The van der Waals surface area contributed by atoms with E-state index >= 15 is 0 Å². The molecule has 0 spiro atoms. The van der Waals surface area contributed by atoms with Crippen LogP contribution in [0.15, 0.2) is 0 Å². The summed E-state index contributed by atoms with van der Waals surface area (Å²) in [5.74, 6) is 4.12. The zero-order chi connectivity index (χ0) is 7.42. The predicted octanol–water partition coefficient (Wildman–Crippen LogP) is 3.05. The lowest BCUT2D eigenvalue weighted by Gasteiger charge is -2.27. The van der Waals surface area contributed by atoms with Gasteiger partial charge in [-0.1, -0.05) is 6.42 Å². The molecule has 0 aromatic rings. The molecule has 0 unspecified atom stereocenters. The molecule has 3 aliphatic carbocycles. The maximum Gasteiger partial charge on any atom is 0.0369 e. The van der Waals surface area contributed by atoms with Gasteiger partial charge in [-0.25, -0.2) is 0 Å². The summed E-state index contributed by atoms with van der Waals surface area (Å²) in [4.78, 5) is 0. The Morgan fingerprint density at radius 3 is 2.64 bits per heavy atom. The third-order valence-corrected chi connectivity index (χ3v) is 4.85. The molecule has 0 saturated heterocycles. The number of fused-ring (bicyclic) bond motifs is 5. The molecule has 62 valence electrons. The SMILES string of the molecule is Cl[C@H]1C[C@H]2C[C@@H]1[C@@H]1CCC[C@H]21. The molecule has 3 aliphatic rings. The maximum atomic E-state index is 6.28. The van der Waals surface area contributed by atoms with Crippen molar-refractivity contribution in [2.45, 2.75) is 37.5 Å². The van der Waals surface area contributed by atoms with Crippen LogP contribution in [0.2, 0.25) is 0 Å². The fourth-order valence-corrected chi connectivity index (χ4v) is 4.50. The number of alkyl halides is 1. The van der Waals surface area contributed by atoms with E-state index < -0.39 is 0 Å². The minimum absolute atomic E-state index is 0.555. The van der Waals surface area contributed by atoms with E-state index in [1.54, 1.807) is 0 Å². The van der Waals surface area contributed by atoms with Crippen molar-refractivity contribution in [3.8, 4) is 0 Å². The second kappa shape index (κ2) is 2.16. The van der Waals surface area contributed by atoms with Gasteiger partial charge in [0.1, 0.15) is 0 Å². The number of rotatable bonds is 0. The Bertz CT molecular complexity index is 178. The molecule has 11 heavy (non-hydrogen) atoms. The Morgan fingerprint density at radius 1 is 0.909 bits per heavy atom. The predicted molar refractivity (Wildman–Crippen MR) is 46.7 cm³/mol. The normalized spacial score (nSPS) is 60.3. The highest BCUT2D eigenvalue weighted by Crippen LogP contribution is 2.59. The Morgan fingerprint density at radius 2 is 1.73 bits per heavy atom. The fourth-order valence-electron chi connectivity index (χ4n) is 3.98. The van der Waals surface area contributed by atoms with Crippen molar-refractivity contribution in [3.63, 3.8) is 0 Å². The second-order valence-electron chi connectivity index (χ2n) is 4.67. The van der Waals surface area contributed by atoms with Crippen LogP contribution in [0.25, 0.3) is 0 Å². The zero-order valence-electron chi connectivity index (χ0n) is 6.80. The van der Waals surface area contributed by atoms with E-state index in [-0.39, 0.29) is 0 Å². The average molecular weight is 171 g/mol. The topological polar surface area (TPSA) is 0 Å². The summed E-state index contributed by atoms with van der Waals surface area (Å²) in [6.45, 7) is 0. The molecule has 0 aromatic carbocycles. The highest BCUT2D eigenvalue weighted by molar-refractivity contribution is 6.21. The Hall–Kier alpha value is 0.290. The van der Waals surface area contributed by atoms with Crippen molar-refractivity contribution < 1.29 is 0 Å². The number of halogens is 1. The van der Waals surface area contributed by atoms with Crippen molar-refractivity contribution >= 4 is 11.6 Å². The average Bonchev–Trinajstić information content (AvgIpc) is 2.52. The Balaban J connectivity index is 1.90. The molecule has 3 saturated carbocycles. The van der Waals surface area contributed by atoms with Crippen LogP contribution in [0.4, 0.5) is 0 Å².